The Labute approximate surface area is 112 Å². The van der Waals surface area contributed by atoms with Crippen LogP contribution in [-0.4, -0.2) is 19.3 Å². The van der Waals surface area contributed by atoms with E-state index in [9.17, 15) is 0 Å². The first kappa shape index (κ1) is 13.1. The predicted octanol–water partition coefficient (Wildman–Crippen LogP) is 3.67. The number of hydrogen-bond acceptors (Lipinski definition) is 2. The molecule has 1 aromatic carbocycles. The molecule has 0 amide bonds. The highest BCUT2D eigenvalue weighted by Gasteiger charge is 2.25. The van der Waals surface area contributed by atoms with E-state index < -0.39 is 0 Å². The van der Waals surface area contributed by atoms with E-state index in [1.54, 1.807) is 0 Å². The summed E-state index contributed by atoms with van der Waals surface area (Å²) in [5.41, 5.74) is 1.33. The zero-order chi connectivity index (χ0) is 12.3. The molecule has 3 unspecified atom stereocenters. The van der Waals surface area contributed by atoms with E-state index in [2.05, 4.69) is 52.4 Å². The number of methoxy groups -OCH3 is 1. The maximum atomic E-state index is 5.40. The van der Waals surface area contributed by atoms with Gasteiger partial charge >= 0.3 is 0 Å². The topological polar surface area (TPSA) is 21.3 Å². The molecule has 0 bridgehead atoms. The molecular formula is C14H20BrNO. The van der Waals surface area contributed by atoms with Gasteiger partial charge in [-0.05, 0) is 37.8 Å². The molecule has 1 fully saturated rings. The number of rotatable bonds is 4. The van der Waals surface area contributed by atoms with Crippen LogP contribution in [0, 0.1) is 0 Å². The van der Waals surface area contributed by atoms with Gasteiger partial charge in [-0.15, -0.1) is 0 Å². The van der Waals surface area contributed by atoms with Crippen molar-refractivity contribution in [3.63, 3.8) is 0 Å². The van der Waals surface area contributed by atoms with Crippen molar-refractivity contribution in [1.29, 1.82) is 0 Å². The lowest BCUT2D eigenvalue weighted by Crippen LogP contribution is -2.30. The van der Waals surface area contributed by atoms with Crippen molar-refractivity contribution in [3.05, 3.63) is 34.3 Å². The minimum atomic E-state index is 0.381. The number of ether oxygens (including phenoxy) is 1. The molecule has 94 valence electrons. The lowest BCUT2D eigenvalue weighted by Gasteiger charge is -2.20. The smallest absolute Gasteiger partial charge is 0.0586 e. The summed E-state index contributed by atoms with van der Waals surface area (Å²) in [6.45, 7) is 2.22. The molecule has 0 heterocycles. The normalized spacial score (nSPS) is 26.1. The Morgan fingerprint density at radius 3 is 2.76 bits per heavy atom. The van der Waals surface area contributed by atoms with Gasteiger partial charge < -0.3 is 10.1 Å². The van der Waals surface area contributed by atoms with E-state index in [-0.39, 0.29) is 0 Å². The molecule has 3 heteroatoms. The molecule has 0 aromatic heterocycles. The molecular weight excluding hydrogens is 278 g/mol. The van der Waals surface area contributed by atoms with Crippen LogP contribution in [0.2, 0.25) is 0 Å². The molecule has 0 spiro atoms. The summed E-state index contributed by atoms with van der Waals surface area (Å²) >= 11 is 3.61. The highest BCUT2D eigenvalue weighted by Crippen LogP contribution is 2.27. The van der Waals surface area contributed by atoms with Crippen molar-refractivity contribution in [2.45, 2.75) is 44.4 Å². The van der Waals surface area contributed by atoms with Crippen LogP contribution in [0.5, 0.6) is 0 Å². The predicted molar refractivity (Wildman–Crippen MR) is 74.1 cm³/mol. The number of nitrogens with one attached hydrogen (secondary N) is 1. The highest BCUT2D eigenvalue weighted by molar-refractivity contribution is 9.10. The molecule has 17 heavy (non-hydrogen) atoms. The fraction of sp³-hybridized carbons (Fsp3) is 0.571. The average molecular weight is 298 g/mol. The van der Waals surface area contributed by atoms with Crippen LogP contribution in [0.3, 0.4) is 0 Å². The van der Waals surface area contributed by atoms with Crippen molar-refractivity contribution in [2.75, 3.05) is 7.11 Å². The maximum absolute atomic E-state index is 5.40. The molecule has 2 nitrogen and oxygen atoms in total. The van der Waals surface area contributed by atoms with Gasteiger partial charge in [0.15, 0.2) is 0 Å². The summed E-state index contributed by atoms with van der Waals surface area (Å²) in [6, 6.07) is 9.38. The Hall–Kier alpha value is -0.380. The second kappa shape index (κ2) is 5.98. The summed E-state index contributed by atoms with van der Waals surface area (Å²) < 4.78 is 6.58. The zero-order valence-electron chi connectivity index (χ0n) is 10.4. The van der Waals surface area contributed by atoms with Crippen molar-refractivity contribution in [1.82, 2.24) is 5.32 Å². The second-order valence-corrected chi connectivity index (χ2v) is 5.63. The monoisotopic (exact) mass is 297 g/mol. The number of halogens is 1. The first-order valence-corrected chi connectivity index (χ1v) is 7.03. The first-order chi connectivity index (χ1) is 8.20. The highest BCUT2D eigenvalue weighted by atomic mass is 79.9. The molecule has 2 rings (SSSR count). The first-order valence-electron chi connectivity index (χ1n) is 6.24. The number of benzene rings is 1. The average Bonchev–Trinajstić information content (AvgIpc) is 2.77. The van der Waals surface area contributed by atoms with E-state index in [0.717, 1.165) is 6.42 Å². The van der Waals surface area contributed by atoms with Gasteiger partial charge in [0.1, 0.15) is 0 Å². The summed E-state index contributed by atoms with van der Waals surface area (Å²) in [5, 5.41) is 3.69. The Morgan fingerprint density at radius 1 is 1.35 bits per heavy atom. The standard InChI is InChI=1S/C14H20BrNO/c1-10(13-5-3-4-6-14(13)15)16-11-7-8-12(9-11)17-2/h3-6,10-12,16H,7-9H2,1-2H3. The molecule has 3 atom stereocenters. The molecule has 1 aliphatic carbocycles. The van der Waals surface area contributed by atoms with Crippen LogP contribution in [0.15, 0.2) is 28.7 Å². The second-order valence-electron chi connectivity index (χ2n) is 4.78. The van der Waals surface area contributed by atoms with E-state index in [1.807, 2.05) is 7.11 Å². The minimum Gasteiger partial charge on any atom is -0.381 e. The fourth-order valence-electron chi connectivity index (χ4n) is 2.58. The van der Waals surface area contributed by atoms with Gasteiger partial charge in [0.2, 0.25) is 0 Å². The molecule has 0 radical (unpaired) electrons. The quantitative estimate of drug-likeness (QED) is 0.916. The molecule has 0 saturated heterocycles. The fourth-order valence-corrected chi connectivity index (χ4v) is 3.20. The van der Waals surface area contributed by atoms with Gasteiger partial charge in [-0.25, -0.2) is 0 Å². The van der Waals surface area contributed by atoms with E-state index in [0.29, 0.717) is 18.2 Å². The number of hydrogen-bond donors (Lipinski definition) is 1. The SMILES string of the molecule is COC1CCC(NC(C)c2ccccc2Br)C1. The van der Waals surface area contributed by atoms with E-state index in [1.165, 1.54) is 22.9 Å². The van der Waals surface area contributed by atoms with Crippen LogP contribution in [-0.2, 0) is 4.74 Å². The Kier molecular flexibility index (Phi) is 4.60. The van der Waals surface area contributed by atoms with Crippen molar-refractivity contribution >= 4 is 15.9 Å². The summed E-state index contributed by atoms with van der Waals surface area (Å²) in [7, 11) is 1.81. The summed E-state index contributed by atoms with van der Waals surface area (Å²) in [5.74, 6) is 0. The molecule has 1 N–H and O–H groups in total. The summed E-state index contributed by atoms with van der Waals surface area (Å²) in [6.07, 6.45) is 3.97. The Bertz CT molecular complexity index is 369. The Balaban J connectivity index is 1.94. The van der Waals surface area contributed by atoms with Crippen molar-refractivity contribution in [2.24, 2.45) is 0 Å². The lowest BCUT2D eigenvalue weighted by molar-refractivity contribution is 0.106. The third-order valence-electron chi connectivity index (χ3n) is 3.58. The van der Waals surface area contributed by atoms with Crippen molar-refractivity contribution in [3.8, 4) is 0 Å². The van der Waals surface area contributed by atoms with Gasteiger partial charge in [-0.1, -0.05) is 34.1 Å². The van der Waals surface area contributed by atoms with Crippen LogP contribution in [0.1, 0.15) is 37.8 Å². The van der Waals surface area contributed by atoms with Crippen LogP contribution in [0.25, 0.3) is 0 Å². The van der Waals surface area contributed by atoms with Gasteiger partial charge in [0, 0.05) is 23.7 Å². The molecule has 0 aliphatic heterocycles. The molecule has 1 aromatic rings. The van der Waals surface area contributed by atoms with Gasteiger partial charge in [0.25, 0.3) is 0 Å². The van der Waals surface area contributed by atoms with E-state index in [4.69, 9.17) is 4.74 Å². The lowest BCUT2D eigenvalue weighted by atomic mass is 10.1. The van der Waals surface area contributed by atoms with E-state index >= 15 is 0 Å². The van der Waals surface area contributed by atoms with Crippen LogP contribution >= 0.6 is 15.9 Å². The van der Waals surface area contributed by atoms with Crippen LogP contribution in [0.4, 0.5) is 0 Å². The van der Waals surface area contributed by atoms with Gasteiger partial charge in [0.05, 0.1) is 6.10 Å². The largest absolute Gasteiger partial charge is 0.381 e. The molecule has 1 aliphatic rings. The van der Waals surface area contributed by atoms with Crippen LogP contribution < -0.4 is 5.32 Å². The van der Waals surface area contributed by atoms with Crippen molar-refractivity contribution < 1.29 is 4.74 Å². The van der Waals surface area contributed by atoms with Gasteiger partial charge in [-0.2, -0.15) is 0 Å². The maximum Gasteiger partial charge on any atom is 0.0586 e. The third kappa shape index (κ3) is 3.30. The summed E-state index contributed by atoms with van der Waals surface area (Å²) in [4.78, 5) is 0. The van der Waals surface area contributed by atoms with Gasteiger partial charge in [-0.3, -0.25) is 0 Å². The molecule has 1 saturated carbocycles. The zero-order valence-corrected chi connectivity index (χ0v) is 12.0. The Morgan fingerprint density at radius 2 is 2.12 bits per heavy atom. The minimum absolute atomic E-state index is 0.381. The third-order valence-corrected chi connectivity index (χ3v) is 4.30.